The van der Waals surface area contributed by atoms with Crippen molar-refractivity contribution >= 4 is 20.2 Å². The highest BCUT2D eigenvalue weighted by atomic mass is 32.2. The van der Waals surface area contributed by atoms with Crippen molar-refractivity contribution in [2.45, 2.75) is 11.4 Å². The fraction of sp³-hybridized carbons (Fsp3) is 0.333. The molecule has 0 saturated carbocycles. The Labute approximate surface area is 86.2 Å². The van der Waals surface area contributed by atoms with Crippen LogP contribution in [0.3, 0.4) is 0 Å². The van der Waals surface area contributed by atoms with Crippen molar-refractivity contribution in [1.82, 2.24) is 0 Å². The maximum atomic E-state index is 10.7. The lowest BCUT2D eigenvalue weighted by atomic mass is 10.1. The van der Waals surface area contributed by atoms with Crippen LogP contribution in [0.2, 0.25) is 0 Å². The molecule has 0 aromatic carbocycles. The predicted octanol–water partition coefficient (Wildman–Crippen LogP) is -0.706. The van der Waals surface area contributed by atoms with Gasteiger partial charge in [-0.2, -0.15) is 16.8 Å². The number of allylic oxidation sites excluding steroid dienone is 1. The molecule has 1 unspecified atom stereocenters. The first-order chi connectivity index (χ1) is 6.56. The van der Waals surface area contributed by atoms with Gasteiger partial charge in [-0.05, 0) is 12.2 Å². The highest BCUT2D eigenvalue weighted by molar-refractivity contribution is 7.90. The molecule has 0 heterocycles. The summed E-state index contributed by atoms with van der Waals surface area (Å²) in [5, 5.41) is 9.35. The van der Waals surface area contributed by atoms with Gasteiger partial charge in [-0.3, -0.25) is 9.11 Å². The summed E-state index contributed by atoms with van der Waals surface area (Å²) < 4.78 is 59.7. The van der Waals surface area contributed by atoms with Gasteiger partial charge in [0.05, 0.1) is 4.91 Å². The van der Waals surface area contributed by atoms with E-state index in [1.54, 1.807) is 0 Å². The second-order valence-electron chi connectivity index (χ2n) is 2.94. The van der Waals surface area contributed by atoms with Gasteiger partial charge in [-0.15, -0.1) is 0 Å². The van der Waals surface area contributed by atoms with E-state index in [1.807, 2.05) is 0 Å². The van der Waals surface area contributed by atoms with Gasteiger partial charge in [0.15, 0.2) is 0 Å². The van der Waals surface area contributed by atoms with E-state index in [-0.39, 0.29) is 0 Å². The standard InChI is InChI=1S/C6H8O7S2/c7-6(15(11,12)13)3-1-5(2-4-6)14(8,9)10/h1-3,7H,4H2,(H,8,9,10)(H,11,12,13). The van der Waals surface area contributed by atoms with Crippen LogP contribution in [0.1, 0.15) is 6.42 Å². The fourth-order valence-electron chi connectivity index (χ4n) is 0.978. The second-order valence-corrected chi connectivity index (χ2v) is 6.02. The molecule has 0 radical (unpaired) electrons. The van der Waals surface area contributed by atoms with Crippen LogP contribution in [0, 0.1) is 0 Å². The number of hydrogen-bond donors (Lipinski definition) is 3. The van der Waals surface area contributed by atoms with Crippen LogP contribution < -0.4 is 0 Å². The number of rotatable bonds is 2. The Morgan fingerprint density at radius 3 is 2.00 bits per heavy atom. The summed E-state index contributed by atoms with van der Waals surface area (Å²) in [6, 6.07) is 0. The maximum Gasteiger partial charge on any atom is 0.299 e. The Hall–Kier alpha value is -0.740. The Kier molecular flexibility index (Phi) is 2.78. The number of aliphatic hydroxyl groups is 1. The Morgan fingerprint density at radius 2 is 1.73 bits per heavy atom. The van der Waals surface area contributed by atoms with E-state index in [0.29, 0.717) is 12.2 Å². The fourth-order valence-corrected chi connectivity index (χ4v) is 2.05. The average molecular weight is 256 g/mol. The van der Waals surface area contributed by atoms with Gasteiger partial charge in [-0.1, -0.05) is 6.08 Å². The van der Waals surface area contributed by atoms with Gasteiger partial charge >= 0.3 is 0 Å². The van der Waals surface area contributed by atoms with Gasteiger partial charge in [-0.25, -0.2) is 0 Å². The van der Waals surface area contributed by atoms with E-state index in [9.17, 15) is 21.9 Å². The van der Waals surface area contributed by atoms with Gasteiger partial charge < -0.3 is 5.11 Å². The van der Waals surface area contributed by atoms with Crippen molar-refractivity contribution in [2.24, 2.45) is 0 Å². The van der Waals surface area contributed by atoms with E-state index < -0.39 is 36.5 Å². The summed E-state index contributed by atoms with van der Waals surface area (Å²) in [5.41, 5.74) is 0. The molecule has 0 saturated heterocycles. The van der Waals surface area contributed by atoms with Crippen LogP contribution in [-0.4, -0.2) is 36.0 Å². The molecule has 15 heavy (non-hydrogen) atoms. The molecule has 0 aromatic rings. The molecule has 0 aliphatic heterocycles. The first-order valence-electron chi connectivity index (χ1n) is 3.62. The van der Waals surface area contributed by atoms with Gasteiger partial charge in [0.25, 0.3) is 20.2 Å². The second kappa shape index (κ2) is 3.39. The van der Waals surface area contributed by atoms with E-state index >= 15 is 0 Å². The summed E-state index contributed by atoms with van der Waals surface area (Å²) in [6.07, 6.45) is 1.43. The molecule has 0 bridgehead atoms. The SMILES string of the molecule is O=S(=O)(O)C1=CCC(O)(S(=O)(=O)O)C=C1. The topological polar surface area (TPSA) is 129 Å². The summed E-state index contributed by atoms with van der Waals surface area (Å²) in [4.78, 5) is -3.07. The maximum absolute atomic E-state index is 10.7. The van der Waals surface area contributed by atoms with Gasteiger partial charge in [0.2, 0.25) is 4.93 Å². The highest BCUT2D eigenvalue weighted by Gasteiger charge is 2.39. The highest BCUT2D eigenvalue weighted by Crippen LogP contribution is 2.27. The van der Waals surface area contributed by atoms with Crippen LogP contribution >= 0.6 is 0 Å². The minimum absolute atomic E-state index is 0.532. The minimum atomic E-state index is -4.75. The van der Waals surface area contributed by atoms with Crippen LogP contribution in [0.25, 0.3) is 0 Å². The molecule has 1 rings (SSSR count). The molecule has 1 aliphatic rings. The Morgan fingerprint density at radius 1 is 1.20 bits per heavy atom. The van der Waals surface area contributed by atoms with Crippen molar-refractivity contribution < 1.29 is 31.0 Å². The van der Waals surface area contributed by atoms with E-state index in [2.05, 4.69) is 0 Å². The minimum Gasteiger partial charge on any atom is -0.369 e. The third-order valence-corrected chi connectivity index (χ3v) is 3.94. The zero-order valence-corrected chi connectivity index (χ0v) is 8.86. The van der Waals surface area contributed by atoms with Crippen molar-refractivity contribution in [3.63, 3.8) is 0 Å². The average Bonchev–Trinajstić information content (AvgIpc) is 2.01. The Balaban J connectivity index is 3.10. The zero-order valence-electron chi connectivity index (χ0n) is 7.23. The molecule has 0 amide bonds. The molecule has 86 valence electrons. The molecule has 1 atom stereocenters. The molecule has 7 nitrogen and oxygen atoms in total. The van der Waals surface area contributed by atoms with Crippen LogP contribution in [0.4, 0.5) is 0 Å². The Bertz CT molecular complexity index is 524. The zero-order chi connectivity index (χ0) is 11.9. The van der Waals surface area contributed by atoms with Crippen molar-refractivity contribution in [3.8, 4) is 0 Å². The van der Waals surface area contributed by atoms with Gasteiger partial charge in [0.1, 0.15) is 0 Å². The molecular formula is C6H8O7S2. The predicted molar refractivity (Wildman–Crippen MR) is 49.9 cm³/mol. The normalized spacial score (nSPS) is 27.5. The molecule has 9 heteroatoms. The first-order valence-corrected chi connectivity index (χ1v) is 6.50. The number of hydrogen-bond acceptors (Lipinski definition) is 5. The third-order valence-electron chi connectivity index (χ3n) is 1.85. The van der Waals surface area contributed by atoms with E-state index in [4.69, 9.17) is 9.11 Å². The van der Waals surface area contributed by atoms with Crippen LogP contribution in [0.5, 0.6) is 0 Å². The molecule has 0 aromatic heterocycles. The quantitative estimate of drug-likeness (QED) is 0.557. The van der Waals surface area contributed by atoms with Gasteiger partial charge in [0, 0.05) is 6.42 Å². The lowest BCUT2D eigenvalue weighted by Gasteiger charge is -2.22. The van der Waals surface area contributed by atoms with Crippen molar-refractivity contribution in [2.75, 3.05) is 0 Å². The summed E-state index contributed by atoms with van der Waals surface area (Å²) in [5.74, 6) is 0. The first kappa shape index (κ1) is 12.3. The largest absolute Gasteiger partial charge is 0.369 e. The van der Waals surface area contributed by atoms with E-state index in [0.717, 1.165) is 6.08 Å². The lowest BCUT2D eigenvalue weighted by molar-refractivity contribution is 0.162. The summed E-state index contributed by atoms with van der Waals surface area (Å²) in [6.45, 7) is 0. The summed E-state index contributed by atoms with van der Waals surface area (Å²) >= 11 is 0. The monoisotopic (exact) mass is 256 g/mol. The molecule has 3 N–H and O–H groups in total. The third kappa shape index (κ3) is 2.44. The molecule has 1 aliphatic carbocycles. The van der Waals surface area contributed by atoms with Crippen LogP contribution in [0.15, 0.2) is 23.1 Å². The van der Waals surface area contributed by atoms with Crippen LogP contribution in [-0.2, 0) is 20.2 Å². The summed E-state index contributed by atoms with van der Waals surface area (Å²) in [7, 11) is -9.18. The molecule has 0 spiro atoms. The lowest BCUT2D eigenvalue weighted by Crippen LogP contribution is -2.36. The molecular weight excluding hydrogens is 248 g/mol. The molecule has 0 fully saturated rings. The van der Waals surface area contributed by atoms with Crippen molar-refractivity contribution in [3.05, 3.63) is 23.1 Å². The van der Waals surface area contributed by atoms with Crippen molar-refractivity contribution in [1.29, 1.82) is 0 Å². The smallest absolute Gasteiger partial charge is 0.299 e. The van der Waals surface area contributed by atoms with E-state index in [1.165, 1.54) is 0 Å².